The molecule has 0 bridgehead atoms. The van der Waals surface area contributed by atoms with E-state index in [-0.39, 0.29) is 46.4 Å². The largest absolute Gasteiger partial charge is 0.492 e. The molecule has 1 amide bonds. The molecule has 3 saturated heterocycles. The zero-order valence-corrected chi connectivity index (χ0v) is 32.8. The number of amides is 1. The van der Waals surface area contributed by atoms with Gasteiger partial charge < -0.3 is 44.5 Å². The van der Waals surface area contributed by atoms with Crippen LogP contribution in [-0.4, -0.2) is 132 Å². The second-order valence-corrected chi connectivity index (χ2v) is 16.7. The van der Waals surface area contributed by atoms with Gasteiger partial charge in [0.15, 0.2) is 17.7 Å². The number of carbonyl (C=O) groups excluding carboxylic acids is 2. The highest BCUT2D eigenvalue weighted by molar-refractivity contribution is 7.99. The average Bonchev–Trinajstić information content (AvgIpc) is 3.90. The number of aromatic nitrogens is 1. The number of carbonyl (C=O) groups is 2. The van der Waals surface area contributed by atoms with E-state index in [0.29, 0.717) is 37.5 Å². The lowest BCUT2D eigenvalue weighted by atomic mass is 9.92. The molecule has 16 heteroatoms. The maximum Gasteiger partial charge on any atom is 0.344 e. The first-order valence-corrected chi connectivity index (χ1v) is 20.4. The number of alkyl halides is 1. The van der Waals surface area contributed by atoms with Crippen LogP contribution in [0.3, 0.4) is 0 Å². The van der Waals surface area contributed by atoms with Crippen LogP contribution in [0.5, 0.6) is 5.75 Å². The third-order valence-electron chi connectivity index (χ3n) is 11.1. The number of nitrogens with zero attached hydrogens (tertiary/aromatic N) is 3. The highest BCUT2D eigenvalue weighted by Crippen LogP contribution is 2.44. The average molecular weight is 782 g/mol. The van der Waals surface area contributed by atoms with Gasteiger partial charge in [0.2, 0.25) is 11.3 Å². The molecule has 3 aliphatic heterocycles. The number of halogens is 2. The summed E-state index contributed by atoms with van der Waals surface area (Å²) in [6, 6.07) is -0.0264. The van der Waals surface area contributed by atoms with Crippen molar-refractivity contribution in [3.8, 4) is 5.75 Å². The first-order valence-electron chi connectivity index (χ1n) is 18.6. The second-order valence-electron chi connectivity index (χ2n) is 15.1. The molecule has 1 aromatic carbocycles. The number of piperazine rings is 1. The fourth-order valence-corrected chi connectivity index (χ4v) is 9.19. The smallest absolute Gasteiger partial charge is 0.344 e. The molecule has 4 fully saturated rings. The number of ether oxygens (including phenoxy) is 3. The number of methoxy groups -OCH3 is 1. The number of anilines is 1. The summed E-state index contributed by atoms with van der Waals surface area (Å²) in [6.45, 7) is 8.35. The number of aliphatic hydroxyl groups excluding tert-OH is 2. The Morgan fingerprint density at radius 1 is 1.25 bits per heavy atom. The Bertz CT molecular complexity index is 1730. The minimum Gasteiger partial charge on any atom is -0.492 e. The standard InChI is InChI=1S/C37H53ClFN5O8S/c1-7-8-20-13-25(42(4)16-20)35(48)41-26(19(3)38)32-30(46)31(47)34(37(52-32)53-6)51-36(49)23-17-44(21-9-10-21)27-22(29(23)45)14-24(39)28(33(27)50-5)43-12-11-40-18(2)15-43/h14,17-21,25-26,30-32,34,37,40,46-47H,7-13,15-16H2,1-6H3,(H,41,48)/t18?,19?,20?,25?,26-,30-,31+,32?,34-,37?/m1/s1. The highest BCUT2D eigenvalue weighted by atomic mass is 35.5. The van der Waals surface area contributed by atoms with E-state index in [1.54, 1.807) is 17.7 Å². The van der Waals surface area contributed by atoms with Crippen LogP contribution in [0.4, 0.5) is 10.1 Å². The molecule has 1 aliphatic carbocycles. The van der Waals surface area contributed by atoms with Crippen molar-refractivity contribution in [2.24, 2.45) is 5.92 Å². The molecule has 10 atom stereocenters. The van der Waals surface area contributed by atoms with Gasteiger partial charge >= 0.3 is 5.97 Å². The zero-order chi connectivity index (χ0) is 38.3. The third-order valence-corrected chi connectivity index (χ3v) is 12.2. The fraction of sp³-hybridized carbons (Fsp3) is 0.703. The highest BCUT2D eigenvalue weighted by Gasteiger charge is 2.51. The van der Waals surface area contributed by atoms with Gasteiger partial charge in [-0.3, -0.25) is 14.5 Å². The van der Waals surface area contributed by atoms with Crippen LogP contribution in [-0.2, 0) is 14.3 Å². The summed E-state index contributed by atoms with van der Waals surface area (Å²) in [5.74, 6) is -1.31. The molecule has 0 radical (unpaired) electrons. The number of rotatable bonds is 12. The number of likely N-dealkylation sites (tertiary alicyclic amines) is 1. The lowest BCUT2D eigenvalue weighted by Gasteiger charge is -2.45. The van der Waals surface area contributed by atoms with Gasteiger partial charge in [-0.25, -0.2) is 9.18 Å². The molecule has 4 aliphatic rings. The van der Waals surface area contributed by atoms with Crippen LogP contribution >= 0.6 is 23.4 Å². The normalized spacial score (nSPS) is 30.6. The van der Waals surface area contributed by atoms with Crippen molar-refractivity contribution in [2.45, 2.75) is 112 Å². The van der Waals surface area contributed by atoms with Crippen molar-refractivity contribution in [3.63, 3.8) is 0 Å². The van der Waals surface area contributed by atoms with Crippen LogP contribution in [0.15, 0.2) is 17.1 Å². The molecule has 294 valence electrons. The summed E-state index contributed by atoms with van der Waals surface area (Å²) in [4.78, 5) is 45.3. The summed E-state index contributed by atoms with van der Waals surface area (Å²) < 4.78 is 35.6. The first-order chi connectivity index (χ1) is 25.3. The van der Waals surface area contributed by atoms with Gasteiger partial charge in [-0.15, -0.1) is 23.4 Å². The number of nitrogens with one attached hydrogen (secondary N) is 2. The molecule has 6 unspecified atom stereocenters. The lowest BCUT2D eigenvalue weighted by Crippen LogP contribution is -2.65. The van der Waals surface area contributed by atoms with Crippen molar-refractivity contribution in [1.82, 2.24) is 20.1 Å². The van der Waals surface area contributed by atoms with Crippen LogP contribution in [0.25, 0.3) is 10.9 Å². The van der Waals surface area contributed by atoms with Gasteiger partial charge in [0.05, 0.1) is 35.5 Å². The van der Waals surface area contributed by atoms with Crippen molar-refractivity contribution in [3.05, 3.63) is 33.9 Å². The molecular weight excluding hydrogens is 729 g/mol. The number of benzene rings is 1. The molecule has 1 saturated carbocycles. The van der Waals surface area contributed by atoms with E-state index >= 15 is 4.39 Å². The van der Waals surface area contributed by atoms with Gasteiger partial charge in [-0.2, -0.15) is 0 Å². The maximum atomic E-state index is 16.0. The molecule has 4 heterocycles. The number of hydrogen-bond acceptors (Lipinski definition) is 12. The number of aliphatic hydroxyl groups is 2. The number of hydrogen-bond donors (Lipinski definition) is 4. The fourth-order valence-electron chi connectivity index (χ4n) is 8.26. The number of likely N-dealkylation sites (N-methyl/N-ethyl adjacent to an activating group) is 1. The van der Waals surface area contributed by atoms with Gasteiger partial charge in [-0.05, 0) is 64.8 Å². The predicted octanol–water partition coefficient (Wildman–Crippen LogP) is 2.85. The first kappa shape index (κ1) is 40.0. The van der Waals surface area contributed by atoms with Gasteiger partial charge in [0, 0.05) is 44.5 Å². The summed E-state index contributed by atoms with van der Waals surface area (Å²) >= 11 is 7.71. The van der Waals surface area contributed by atoms with Crippen LogP contribution < -0.4 is 25.7 Å². The molecular formula is C37H53ClFN5O8S. The van der Waals surface area contributed by atoms with E-state index in [2.05, 4.69) is 17.6 Å². The van der Waals surface area contributed by atoms with Crippen LogP contribution in [0.2, 0.25) is 0 Å². The van der Waals surface area contributed by atoms with Gasteiger partial charge in [0.25, 0.3) is 0 Å². The maximum absolute atomic E-state index is 16.0. The molecule has 6 rings (SSSR count). The number of thioether (sulfide) groups is 1. The molecule has 53 heavy (non-hydrogen) atoms. The Kier molecular flexibility index (Phi) is 12.5. The minimum atomic E-state index is -1.65. The topological polar surface area (TPSA) is 155 Å². The van der Waals surface area contributed by atoms with Gasteiger partial charge in [0.1, 0.15) is 35.0 Å². The quantitative estimate of drug-likeness (QED) is 0.185. The third kappa shape index (κ3) is 8.03. The second kappa shape index (κ2) is 16.6. The van der Waals surface area contributed by atoms with Crippen LogP contribution in [0, 0.1) is 11.7 Å². The van der Waals surface area contributed by atoms with Crippen molar-refractivity contribution < 1.29 is 38.4 Å². The van der Waals surface area contributed by atoms with E-state index < -0.39 is 58.5 Å². The zero-order valence-electron chi connectivity index (χ0n) is 31.2. The van der Waals surface area contributed by atoms with E-state index in [9.17, 15) is 24.6 Å². The minimum absolute atomic E-state index is 0.0294. The molecule has 1 aromatic heterocycles. The molecule has 4 N–H and O–H groups in total. The Morgan fingerprint density at radius 3 is 2.60 bits per heavy atom. The van der Waals surface area contributed by atoms with Crippen LogP contribution in [0.1, 0.15) is 69.3 Å². The monoisotopic (exact) mass is 781 g/mol. The van der Waals surface area contributed by atoms with E-state index in [1.165, 1.54) is 13.3 Å². The number of fused-ring (bicyclic) bond motifs is 1. The van der Waals surface area contributed by atoms with E-state index in [0.717, 1.165) is 50.1 Å². The number of esters is 1. The van der Waals surface area contributed by atoms with Crippen molar-refractivity contribution in [1.29, 1.82) is 0 Å². The summed E-state index contributed by atoms with van der Waals surface area (Å²) in [6.07, 6.45) is 1.64. The van der Waals surface area contributed by atoms with E-state index in [1.807, 2.05) is 23.8 Å². The molecule has 0 spiro atoms. The van der Waals surface area contributed by atoms with Crippen molar-refractivity contribution >= 4 is 51.8 Å². The van der Waals surface area contributed by atoms with Crippen molar-refractivity contribution in [2.75, 3.05) is 51.5 Å². The van der Waals surface area contributed by atoms with Gasteiger partial charge in [-0.1, -0.05) is 13.3 Å². The Balaban J connectivity index is 1.25. The summed E-state index contributed by atoms with van der Waals surface area (Å²) in [5, 5.41) is 28.4. The SMILES string of the molecule is CCCC1CC(C(=O)N[C@H](C(C)Cl)C2OC(SC)[C@H](OC(=O)c3cn(C4CC4)c4c(OC)c(N5CCNC(C)C5)c(F)cc4c3=O)[C@@H](O)[C@H]2O)N(C)C1. The van der Waals surface area contributed by atoms with E-state index in [4.69, 9.17) is 25.8 Å². The summed E-state index contributed by atoms with van der Waals surface area (Å²) in [5.41, 5.74) is -1.43. The Hall–Kier alpha value is -2.66. The Labute approximate surface area is 318 Å². The number of pyridine rings is 1. The molecule has 2 aromatic rings. The Morgan fingerprint density at radius 2 is 1.98 bits per heavy atom. The lowest BCUT2D eigenvalue weighted by molar-refractivity contribution is -0.205. The predicted molar refractivity (Wildman–Crippen MR) is 203 cm³/mol. The molecule has 13 nitrogen and oxygen atoms in total. The summed E-state index contributed by atoms with van der Waals surface area (Å²) in [7, 11) is 3.35.